The molecule has 1 N–H and O–H groups in total. The van der Waals surface area contributed by atoms with Crippen LogP contribution in [-0.2, 0) is 0 Å². The van der Waals surface area contributed by atoms with Crippen LogP contribution in [0.3, 0.4) is 0 Å². The molecule has 0 saturated heterocycles. The molecular formula is C14H27F2N. The smallest absolute Gasteiger partial charge is 0.248 e. The maximum atomic E-state index is 13.1. The molecule has 0 bridgehead atoms. The van der Waals surface area contributed by atoms with Gasteiger partial charge in [0.2, 0.25) is 5.92 Å². The first-order valence-electron chi connectivity index (χ1n) is 7.07. The highest BCUT2D eigenvalue weighted by Gasteiger charge is 2.39. The van der Waals surface area contributed by atoms with E-state index in [0.717, 1.165) is 12.8 Å². The van der Waals surface area contributed by atoms with Gasteiger partial charge in [-0.3, -0.25) is 0 Å². The molecule has 102 valence electrons. The number of halogens is 2. The molecule has 0 amide bonds. The Morgan fingerprint density at radius 1 is 1.35 bits per heavy atom. The minimum atomic E-state index is -2.39. The van der Waals surface area contributed by atoms with E-state index in [1.165, 1.54) is 12.8 Å². The van der Waals surface area contributed by atoms with Gasteiger partial charge in [0.15, 0.2) is 0 Å². The molecular weight excluding hydrogens is 220 g/mol. The number of hydrogen-bond acceptors (Lipinski definition) is 1. The van der Waals surface area contributed by atoms with E-state index in [2.05, 4.69) is 26.1 Å². The Bertz CT molecular complexity index is 216. The van der Waals surface area contributed by atoms with Crippen LogP contribution in [0, 0.1) is 5.92 Å². The van der Waals surface area contributed by atoms with Crippen molar-refractivity contribution in [2.75, 3.05) is 0 Å². The molecule has 1 saturated carbocycles. The molecule has 1 rings (SSSR count). The van der Waals surface area contributed by atoms with Gasteiger partial charge >= 0.3 is 0 Å². The number of alkyl halides is 2. The highest BCUT2D eigenvalue weighted by Crippen LogP contribution is 2.41. The molecule has 1 aliphatic carbocycles. The van der Waals surface area contributed by atoms with E-state index in [-0.39, 0.29) is 18.8 Å². The number of rotatable bonds is 7. The summed E-state index contributed by atoms with van der Waals surface area (Å²) in [5.74, 6) is -2.17. The van der Waals surface area contributed by atoms with E-state index in [1.807, 2.05) is 0 Å². The van der Waals surface area contributed by atoms with Gasteiger partial charge in [-0.25, -0.2) is 8.78 Å². The summed E-state index contributed by atoms with van der Waals surface area (Å²) in [6.07, 6.45) is 5.32. The average molecular weight is 247 g/mol. The van der Waals surface area contributed by atoms with Crippen LogP contribution in [0.15, 0.2) is 0 Å². The quantitative estimate of drug-likeness (QED) is 0.704. The van der Waals surface area contributed by atoms with Gasteiger partial charge in [-0.15, -0.1) is 0 Å². The van der Waals surface area contributed by atoms with Crippen molar-refractivity contribution < 1.29 is 8.78 Å². The Kier molecular flexibility index (Phi) is 5.84. The van der Waals surface area contributed by atoms with Crippen molar-refractivity contribution in [3.8, 4) is 0 Å². The third-order valence-corrected chi connectivity index (χ3v) is 3.60. The van der Waals surface area contributed by atoms with Crippen molar-refractivity contribution in [1.82, 2.24) is 5.32 Å². The van der Waals surface area contributed by atoms with E-state index < -0.39 is 5.92 Å². The molecule has 1 aliphatic rings. The van der Waals surface area contributed by atoms with Gasteiger partial charge in [-0.05, 0) is 25.2 Å². The number of unbranched alkanes of at least 4 members (excludes halogenated alkanes) is 1. The molecule has 0 radical (unpaired) electrons. The highest BCUT2D eigenvalue weighted by atomic mass is 19.3. The van der Waals surface area contributed by atoms with Crippen LogP contribution in [0.4, 0.5) is 8.78 Å². The Morgan fingerprint density at radius 2 is 2.06 bits per heavy atom. The van der Waals surface area contributed by atoms with E-state index in [1.54, 1.807) is 0 Å². The largest absolute Gasteiger partial charge is 0.312 e. The van der Waals surface area contributed by atoms with Crippen LogP contribution in [-0.4, -0.2) is 18.0 Å². The topological polar surface area (TPSA) is 12.0 Å². The van der Waals surface area contributed by atoms with Gasteiger partial charge in [0.05, 0.1) is 0 Å². The molecule has 0 heterocycles. The van der Waals surface area contributed by atoms with Crippen molar-refractivity contribution in [3.05, 3.63) is 0 Å². The lowest BCUT2D eigenvalue weighted by atomic mass is 9.94. The summed E-state index contributed by atoms with van der Waals surface area (Å²) in [6.45, 7) is 6.43. The predicted molar refractivity (Wildman–Crippen MR) is 68.5 cm³/mol. The van der Waals surface area contributed by atoms with E-state index in [9.17, 15) is 8.78 Å². The Labute approximate surface area is 104 Å². The fourth-order valence-corrected chi connectivity index (χ4v) is 2.84. The first-order chi connectivity index (χ1) is 7.93. The molecule has 0 spiro atoms. The zero-order chi connectivity index (χ0) is 12.9. The Morgan fingerprint density at radius 3 is 2.53 bits per heavy atom. The maximum absolute atomic E-state index is 13.1. The van der Waals surface area contributed by atoms with Gasteiger partial charge in [0.25, 0.3) is 0 Å². The lowest BCUT2D eigenvalue weighted by Gasteiger charge is -2.24. The molecule has 0 aromatic carbocycles. The second kappa shape index (κ2) is 6.67. The third kappa shape index (κ3) is 5.80. The number of hydrogen-bond donors (Lipinski definition) is 1. The van der Waals surface area contributed by atoms with Crippen molar-refractivity contribution in [2.45, 2.75) is 83.7 Å². The SMILES string of the molecule is CCCCC(CC1CCC(F)(F)C1)NC(C)C. The van der Waals surface area contributed by atoms with Crippen molar-refractivity contribution in [2.24, 2.45) is 5.92 Å². The molecule has 17 heavy (non-hydrogen) atoms. The van der Waals surface area contributed by atoms with E-state index in [4.69, 9.17) is 0 Å². The van der Waals surface area contributed by atoms with Crippen LogP contribution in [0.25, 0.3) is 0 Å². The van der Waals surface area contributed by atoms with Crippen LogP contribution in [0.1, 0.15) is 65.7 Å². The molecule has 0 aliphatic heterocycles. The van der Waals surface area contributed by atoms with Gasteiger partial charge < -0.3 is 5.32 Å². The average Bonchev–Trinajstić information content (AvgIpc) is 2.53. The second-order valence-electron chi connectivity index (χ2n) is 5.86. The molecule has 1 nitrogen and oxygen atoms in total. The summed E-state index contributed by atoms with van der Waals surface area (Å²) in [5.41, 5.74) is 0. The summed E-state index contributed by atoms with van der Waals surface area (Å²) in [7, 11) is 0. The molecule has 2 atom stereocenters. The predicted octanol–water partition coefficient (Wildman–Crippen LogP) is 4.37. The minimum Gasteiger partial charge on any atom is -0.312 e. The van der Waals surface area contributed by atoms with Gasteiger partial charge in [-0.2, -0.15) is 0 Å². The minimum absolute atomic E-state index is 0.0971. The summed E-state index contributed by atoms with van der Waals surface area (Å²) < 4.78 is 26.3. The fourth-order valence-electron chi connectivity index (χ4n) is 2.84. The van der Waals surface area contributed by atoms with Crippen molar-refractivity contribution in [3.63, 3.8) is 0 Å². The summed E-state index contributed by atoms with van der Waals surface area (Å²) in [4.78, 5) is 0. The first-order valence-corrected chi connectivity index (χ1v) is 7.07. The zero-order valence-electron chi connectivity index (χ0n) is 11.4. The number of nitrogens with one attached hydrogen (secondary N) is 1. The van der Waals surface area contributed by atoms with Gasteiger partial charge in [0, 0.05) is 24.9 Å². The van der Waals surface area contributed by atoms with Crippen LogP contribution in [0.2, 0.25) is 0 Å². The van der Waals surface area contributed by atoms with Crippen molar-refractivity contribution in [1.29, 1.82) is 0 Å². The van der Waals surface area contributed by atoms with Crippen molar-refractivity contribution >= 4 is 0 Å². The Hall–Kier alpha value is -0.180. The van der Waals surface area contributed by atoms with Crippen LogP contribution >= 0.6 is 0 Å². The van der Waals surface area contributed by atoms with Crippen LogP contribution in [0.5, 0.6) is 0 Å². The normalized spacial score (nSPS) is 25.4. The second-order valence-corrected chi connectivity index (χ2v) is 5.86. The Balaban J connectivity index is 2.37. The highest BCUT2D eigenvalue weighted by molar-refractivity contribution is 4.84. The summed E-state index contributed by atoms with van der Waals surface area (Å²) >= 11 is 0. The maximum Gasteiger partial charge on any atom is 0.248 e. The van der Waals surface area contributed by atoms with Gasteiger partial charge in [-0.1, -0.05) is 33.6 Å². The fraction of sp³-hybridized carbons (Fsp3) is 1.00. The molecule has 0 aromatic heterocycles. The monoisotopic (exact) mass is 247 g/mol. The lowest BCUT2D eigenvalue weighted by Crippen LogP contribution is -2.36. The first kappa shape index (κ1) is 14.9. The molecule has 3 heteroatoms. The van der Waals surface area contributed by atoms with Crippen LogP contribution < -0.4 is 5.32 Å². The summed E-state index contributed by atoms with van der Waals surface area (Å²) in [5, 5.41) is 3.52. The van der Waals surface area contributed by atoms with E-state index in [0.29, 0.717) is 18.5 Å². The van der Waals surface area contributed by atoms with Gasteiger partial charge in [0.1, 0.15) is 0 Å². The van der Waals surface area contributed by atoms with E-state index >= 15 is 0 Å². The summed E-state index contributed by atoms with van der Waals surface area (Å²) in [6, 6.07) is 0.868. The zero-order valence-corrected chi connectivity index (χ0v) is 11.4. The standard InChI is InChI=1S/C14H27F2N/c1-4-5-6-13(17-11(2)3)9-12-7-8-14(15,16)10-12/h11-13,17H,4-10H2,1-3H3. The third-order valence-electron chi connectivity index (χ3n) is 3.60. The lowest BCUT2D eigenvalue weighted by molar-refractivity contribution is 0.00425. The molecule has 0 aromatic rings. The molecule has 2 unspecified atom stereocenters. The molecule has 1 fully saturated rings.